The standard InChI is InChI=1S/C15H19N3O3S/c1-17-10-9-18(6-4-7-21-2)14(19)12(10)13(16-15(17)20)11-5-3-8-22-11/h3,5,8,13H,4,6-7,9H2,1-2H3,(H,16,20). The van der Waals surface area contributed by atoms with Crippen molar-refractivity contribution in [1.29, 1.82) is 0 Å². The molecule has 1 aromatic rings. The van der Waals surface area contributed by atoms with Crippen LogP contribution < -0.4 is 5.32 Å². The minimum Gasteiger partial charge on any atom is -0.385 e. The topological polar surface area (TPSA) is 61.9 Å². The molecule has 22 heavy (non-hydrogen) atoms. The van der Waals surface area contributed by atoms with Crippen molar-refractivity contribution >= 4 is 23.3 Å². The van der Waals surface area contributed by atoms with E-state index in [4.69, 9.17) is 4.74 Å². The smallest absolute Gasteiger partial charge is 0.322 e. The zero-order chi connectivity index (χ0) is 15.7. The molecule has 1 unspecified atom stereocenters. The van der Waals surface area contributed by atoms with E-state index in [1.165, 1.54) is 0 Å². The number of carbonyl (C=O) groups excluding carboxylic acids is 2. The molecular weight excluding hydrogens is 302 g/mol. The van der Waals surface area contributed by atoms with Gasteiger partial charge in [0.2, 0.25) is 0 Å². The molecule has 0 fully saturated rings. The quantitative estimate of drug-likeness (QED) is 0.838. The number of ether oxygens (including phenoxy) is 1. The van der Waals surface area contributed by atoms with Gasteiger partial charge in [0.05, 0.1) is 23.9 Å². The SMILES string of the molecule is COCCCN1CC2=C(C1=O)C(c1cccs1)NC(=O)N2C. The Morgan fingerprint density at radius 2 is 2.27 bits per heavy atom. The molecule has 6 nitrogen and oxygen atoms in total. The average molecular weight is 321 g/mol. The summed E-state index contributed by atoms with van der Waals surface area (Å²) < 4.78 is 5.05. The number of thiophene rings is 1. The maximum atomic E-state index is 12.7. The van der Waals surface area contributed by atoms with Crippen LogP contribution in [0.15, 0.2) is 28.8 Å². The number of hydrogen-bond donors (Lipinski definition) is 1. The fourth-order valence-electron chi connectivity index (χ4n) is 2.87. The van der Waals surface area contributed by atoms with Gasteiger partial charge in [-0.1, -0.05) is 6.07 Å². The fourth-order valence-corrected chi connectivity index (χ4v) is 3.66. The predicted molar refractivity (Wildman–Crippen MR) is 83.5 cm³/mol. The van der Waals surface area contributed by atoms with Crippen molar-refractivity contribution < 1.29 is 14.3 Å². The summed E-state index contributed by atoms with van der Waals surface area (Å²) in [6, 6.07) is 3.38. The molecule has 0 saturated heterocycles. The minimum atomic E-state index is -0.335. The van der Waals surface area contributed by atoms with Gasteiger partial charge in [-0.25, -0.2) is 4.79 Å². The number of nitrogens with one attached hydrogen (secondary N) is 1. The molecule has 0 aliphatic carbocycles. The van der Waals surface area contributed by atoms with E-state index in [0.717, 1.165) is 17.0 Å². The van der Waals surface area contributed by atoms with Crippen molar-refractivity contribution in [3.8, 4) is 0 Å². The first-order valence-electron chi connectivity index (χ1n) is 7.22. The van der Waals surface area contributed by atoms with Crippen LogP contribution in [0.4, 0.5) is 4.79 Å². The van der Waals surface area contributed by atoms with Crippen molar-refractivity contribution in [1.82, 2.24) is 15.1 Å². The highest BCUT2D eigenvalue weighted by Gasteiger charge is 2.42. The van der Waals surface area contributed by atoms with Crippen LogP contribution in [0.5, 0.6) is 0 Å². The molecule has 3 heterocycles. The van der Waals surface area contributed by atoms with Crippen molar-refractivity contribution in [2.24, 2.45) is 0 Å². The molecule has 1 atom stereocenters. The Morgan fingerprint density at radius 1 is 1.45 bits per heavy atom. The molecular formula is C15H19N3O3S. The van der Waals surface area contributed by atoms with Gasteiger partial charge < -0.3 is 15.0 Å². The third-order valence-electron chi connectivity index (χ3n) is 4.04. The van der Waals surface area contributed by atoms with Crippen LogP contribution in [0.25, 0.3) is 0 Å². The number of carbonyl (C=O) groups is 2. The lowest BCUT2D eigenvalue weighted by Crippen LogP contribution is -2.45. The number of urea groups is 1. The van der Waals surface area contributed by atoms with Crippen molar-refractivity contribution in [3.05, 3.63) is 33.7 Å². The Hall–Kier alpha value is -1.86. The lowest BCUT2D eigenvalue weighted by Gasteiger charge is -2.30. The van der Waals surface area contributed by atoms with E-state index in [1.807, 2.05) is 17.5 Å². The average Bonchev–Trinajstić information content (AvgIpc) is 3.13. The number of amides is 3. The second-order valence-corrected chi connectivity index (χ2v) is 6.37. The molecule has 0 bridgehead atoms. The molecule has 118 valence electrons. The molecule has 7 heteroatoms. The maximum Gasteiger partial charge on any atom is 0.322 e. The van der Waals surface area contributed by atoms with E-state index in [9.17, 15) is 9.59 Å². The van der Waals surface area contributed by atoms with Crippen molar-refractivity contribution in [2.45, 2.75) is 12.5 Å². The summed E-state index contributed by atoms with van der Waals surface area (Å²) in [6.45, 7) is 1.75. The van der Waals surface area contributed by atoms with Crippen LogP contribution in [-0.2, 0) is 9.53 Å². The minimum absolute atomic E-state index is 0.0105. The number of methoxy groups -OCH3 is 1. The number of rotatable bonds is 5. The summed E-state index contributed by atoms with van der Waals surface area (Å²) in [6.07, 6.45) is 0.789. The van der Waals surface area contributed by atoms with E-state index >= 15 is 0 Å². The van der Waals surface area contributed by atoms with Crippen LogP contribution >= 0.6 is 11.3 Å². The summed E-state index contributed by atoms with van der Waals surface area (Å²) in [5.41, 5.74) is 1.51. The molecule has 2 aliphatic heterocycles. The van der Waals surface area contributed by atoms with Gasteiger partial charge >= 0.3 is 6.03 Å². The van der Waals surface area contributed by atoms with E-state index in [-0.39, 0.29) is 18.0 Å². The number of likely N-dealkylation sites (N-methyl/N-ethyl adjacent to an activating group) is 1. The molecule has 2 aliphatic rings. The number of hydrogen-bond acceptors (Lipinski definition) is 4. The van der Waals surface area contributed by atoms with E-state index in [2.05, 4.69) is 5.32 Å². The molecule has 0 saturated carbocycles. The second-order valence-electron chi connectivity index (χ2n) is 5.39. The highest BCUT2D eigenvalue weighted by atomic mass is 32.1. The first-order valence-corrected chi connectivity index (χ1v) is 8.10. The molecule has 1 aromatic heterocycles. The van der Waals surface area contributed by atoms with Crippen molar-refractivity contribution in [2.75, 3.05) is 33.9 Å². The summed E-state index contributed by atoms with van der Waals surface area (Å²) in [5.74, 6) is 0.0105. The van der Waals surface area contributed by atoms with Crippen molar-refractivity contribution in [3.63, 3.8) is 0 Å². The Balaban J connectivity index is 1.87. The van der Waals surface area contributed by atoms with Gasteiger partial charge in [-0.2, -0.15) is 0 Å². The lowest BCUT2D eigenvalue weighted by atomic mass is 10.0. The van der Waals surface area contributed by atoms with E-state index in [0.29, 0.717) is 25.3 Å². The Labute approximate surface area is 133 Å². The number of nitrogens with zero attached hydrogens (tertiary/aromatic N) is 2. The summed E-state index contributed by atoms with van der Waals surface area (Å²) in [5, 5.41) is 4.88. The van der Waals surface area contributed by atoms with Crippen LogP contribution in [0.2, 0.25) is 0 Å². The maximum absolute atomic E-state index is 12.7. The van der Waals surface area contributed by atoms with E-state index < -0.39 is 0 Å². The largest absolute Gasteiger partial charge is 0.385 e. The Morgan fingerprint density at radius 3 is 2.95 bits per heavy atom. The van der Waals surface area contributed by atoms with Gasteiger partial charge in [-0.05, 0) is 17.9 Å². The monoisotopic (exact) mass is 321 g/mol. The zero-order valence-corrected chi connectivity index (χ0v) is 13.5. The van der Waals surface area contributed by atoms with Gasteiger partial charge in [0.25, 0.3) is 5.91 Å². The third kappa shape index (κ3) is 2.50. The van der Waals surface area contributed by atoms with Gasteiger partial charge in [-0.3, -0.25) is 9.69 Å². The van der Waals surface area contributed by atoms with Gasteiger partial charge in [-0.15, -0.1) is 11.3 Å². The van der Waals surface area contributed by atoms with Gasteiger partial charge in [0.15, 0.2) is 0 Å². The molecule has 0 aromatic carbocycles. The highest BCUT2D eigenvalue weighted by molar-refractivity contribution is 7.10. The summed E-state index contributed by atoms with van der Waals surface area (Å²) in [4.78, 5) is 29.2. The van der Waals surface area contributed by atoms with Gasteiger partial charge in [0, 0.05) is 32.2 Å². The van der Waals surface area contributed by atoms with Crippen LogP contribution in [-0.4, -0.2) is 55.6 Å². The molecule has 3 amide bonds. The molecule has 0 spiro atoms. The molecule has 0 radical (unpaired) electrons. The van der Waals surface area contributed by atoms with Crippen LogP contribution in [0.3, 0.4) is 0 Å². The van der Waals surface area contributed by atoms with Crippen LogP contribution in [0, 0.1) is 0 Å². The molecule has 3 rings (SSSR count). The molecule has 1 N–H and O–H groups in total. The predicted octanol–water partition coefficient (Wildman–Crippen LogP) is 1.58. The van der Waals surface area contributed by atoms with Crippen LogP contribution in [0.1, 0.15) is 17.3 Å². The zero-order valence-electron chi connectivity index (χ0n) is 12.7. The first-order chi connectivity index (χ1) is 10.6. The summed E-state index contributed by atoms with van der Waals surface area (Å²) in [7, 11) is 3.36. The summed E-state index contributed by atoms with van der Waals surface area (Å²) >= 11 is 1.55. The second kappa shape index (κ2) is 6.10. The first kappa shape index (κ1) is 15.1. The normalized spacial score (nSPS) is 21.5. The highest BCUT2D eigenvalue weighted by Crippen LogP contribution is 2.37. The van der Waals surface area contributed by atoms with E-state index in [1.54, 1.807) is 35.3 Å². The third-order valence-corrected chi connectivity index (χ3v) is 4.98. The lowest BCUT2D eigenvalue weighted by molar-refractivity contribution is -0.125. The van der Waals surface area contributed by atoms with Gasteiger partial charge in [0.1, 0.15) is 0 Å². The Kier molecular flexibility index (Phi) is 4.17. The fraction of sp³-hybridized carbons (Fsp3) is 0.467. The Bertz CT molecular complexity index is 612.